The van der Waals surface area contributed by atoms with Gasteiger partial charge in [-0.1, -0.05) is 47.5 Å². The van der Waals surface area contributed by atoms with Crippen LogP contribution < -0.4 is 16.0 Å². The highest BCUT2D eigenvalue weighted by atomic mass is 35.5. The summed E-state index contributed by atoms with van der Waals surface area (Å²) in [5, 5.41) is 10.1. The molecule has 1 heterocycles. The number of para-hydroxylation sites is 1. The minimum absolute atomic E-state index is 0.0842. The van der Waals surface area contributed by atoms with Crippen LogP contribution in [0.25, 0.3) is 10.9 Å². The highest BCUT2D eigenvalue weighted by molar-refractivity contribution is 6.35. The third kappa shape index (κ3) is 5.22. The van der Waals surface area contributed by atoms with Crippen molar-refractivity contribution >= 4 is 46.0 Å². The van der Waals surface area contributed by atoms with Crippen LogP contribution in [0.15, 0.2) is 48.7 Å². The van der Waals surface area contributed by atoms with Gasteiger partial charge in [-0.05, 0) is 36.2 Å². The van der Waals surface area contributed by atoms with Gasteiger partial charge in [0.2, 0.25) is 5.91 Å². The van der Waals surface area contributed by atoms with Gasteiger partial charge in [0.1, 0.15) is 0 Å². The molecule has 0 fully saturated rings. The number of carbonyl (C=O) groups is 2. The standard InChI is InChI=1S/C21H22Cl2N4O2/c1-2-24-20(28)12-27-21(29)26-11-16(14-8-7-13(22)9-18(14)23)17-10-25-19-6-4-3-5-15(17)19/h3-10,16,25H,2,11-12H2,1H3,(H,24,28)(H2,26,27,29). The molecular weight excluding hydrogens is 411 g/mol. The smallest absolute Gasteiger partial charge is 0.315 e. The molecule has 0 saturated heterocycles. The molecule has 3 aromatic rings. The van der Waals surface area contributed by atoms with Crippen molar-refractivity contribution in [3.8, 4) is 0 Å². The highest BCUT2D eigenvalue weighted by Crippen LogP contribution is 2.35. The molecule has 152 valence electrons. The Labute approximate surface area is 179 Å². The van der Waals surface area contributed by atoms with Crippen molar-refractivity contribution < 1.29 is 9.59 Å². The molecule has 2 aromatic carbocycles. The van der Waals surface area contributed by atoms with Gasteiger partial charge in [0, 0.05) is 46.2 Å². The highest BCUT2D eigenvalue weighted by Gasteiger charge is 2.21. The average molecular weight is 433 g/mol. The molecule has 3 rings (SSSR count). The summed E-state index contributed by atoms with van der Waals surface area (Å²) in [5.74, 6) is -0.442. The Hall–Kier alpha value is -2.70. The number of aromatic nitrogens is 1. The van der Waals surface area contributed by atoms with Crippen LogP contribution in [0, 0.1) is 0 Å². The zero-order valence-corrected chi connectivity index (χ0v) is 17.4. The van der Waals surface area contributed by atoms with Gasteiger partial charge in [-0.25, -0.2) is 4.79 Å². The number of likely N-dealkylation sites (N-methyl/N-ethyl adjacent to an activating group) is 1. The Bertz CT molecular complexity index is 1020. The maximum absolute atomic E-state index is 12.2. The molecule has 0 saturated carbocycles. The molecule has 0 radical (unpaired) electrons. The summed E-state index contributed by atoms with van der Waals surface area (Å²) in [6.45, 7) is 2.54. The van der Waals surface area contributed by atoms with Crippen LogP contribution >= 0.6 is 23.2 Å². The molecule has 6 nitrogen and oxygen atoms in total. The Morgan fingerprint density at radius 2 is 1.83 bits per heavy atom. The molecule has 3 amide bonds. The summed E-state index contributed by atoms with van der Waals surface area (Å²) >= 11 is 12.5. The predicted molar refractivity (Wildman–Crippen MR) is 117 cm³/mol. The number of amides is 3. The van der Waals surface area contributed by atoms with Crippen molar-refractivity contribution in [2.45, 2.75) is 12.8 Å². The van der Waals surface area contributed by atoms with E-state index in [2.05, 4.69) is 20.9 Å². The van der Waals surface area contributed by atoms with E-state index in [-0.39, 0.29) is 18.4 Å². The van der Waals surface area contributed by atoms with Gasteiger partial charge < -0.3 is 20.9 Å². The quantitative estimate of drug-likeness (QED) is 0.453. The SMILES string of the molecule is CCNC(=O)CNC(=O)NCC(c1ccc(Cl)cc1Cl)c1c[nH]c2ccccc12. The second-order valence-corrected chi connectivity index (χ2v) is 7.37. The Balaban J connectivity index is 1.82. The summed E-state index contributed by atoms with van der Waals surface area (Å²) in [6.07, 6.45) is 1.93. The first kappa shape index (κ1) is 21.0. The van der Waals surface area contributed by atoms with Gasteiger partial charge in [-0.15, -0.1) is 0 Å². The number of rotatable bonds is 7. The first-order valence-electron chi connectivity index (χ1n) is 9.29. The second-order valence-electron chi connectivity index (χ2n) is 6.53. The van der Waals surface area contributed by atoms with Gasteiger partial charge >= 0.3 is 6.03 Å². The molecular formula is C21H22Cl2N4O2. The molecule has 4 N–H and O–H groups in total. The van der Waals surface area contributed by atoms with E-state index in [1.807, 2.05) is 43.5 Å². The minimum Gasteiger partial charge on any atom is -0.361 e. The van der Waals surface area contributed by atoms with Gasteiger partial charge in [-0.2, -0.15) is 0 Å². The van der Waals surface area contributed by atoms with Crippen LogP contribution in [0.1, 0.15) is 24.0 Å². The maximum atomic E-state index is 12.2. The normalized spacial score (nSPS) is 11.8. The van der Waals surface area contributed by atoms with E-state index in [4.69, 9.17) is 23.2 Å². The molecule has 1 atom stereocenters. The number of fused-ring (bicyclic) bond motifs is 1. The molecule has 0 spiro atoms. The van der Waals surface area contributed by atoms with E-state index in [0.717, 1.165) is 22.0 Å². The Kier molecular flexibility index (Phi) is 7.01. The molecule has 0 aliphatic rings. The fourth-order valence-electron chi connectivity index (χ4n) is 3.23. The third-order valence-electron chi connectivity index (χ3n) is 4.58. The van der Waals surface area contributed by atoms with E-state index in [9.17, 15) is 9.59 Å². The number of carbonyl (C=O) groups excluding carboxylic acids is 2. The first-order chi connectivity index (χ1) is 14.0. The second kappa shape index (κ2) is 9.67. The molecule has 0 bridgehead atoms. The minimum atomic E-state index is -0.425. The Morgan fingerprint density at radius 1 is 1.03 bits per heavy atom. The summed E-state index contributed by atoms with van der Waals surface area (Å²) in [4.78, 5) is 27.0. The number of urea groups is 1. The van der Waals surface area contributed by atoms with Crippen LogP contribution in [0.4, 0.5) is 4.79 Å². The lowest BCUT2D eigenvalue weighted by Gasteiger charge is -2.20. The number of benzene rings is 2. The zero-order valence-electron chi connectivity index (χ0n) is 15.9. The summed E-state index contributed by atoms with van der Waals surface area (Å²) < 4.78 is 0. The van der Waals surface area contributed by atoms with Gasteiger partial charge in [0.05, 0.1) is 6.54 Å². The zero-order chi connectivity index (χ0) is 20.8. The molecule has 1 aromatic heterocycles. The lowest BCUT2D eigenvalue weighted by Crippen LogP contribution is -2.43. The van der Waals surface area contributed by atoms with Crippen molar-refractivity contribution in [1.82, 2.24) is 20.9 Å². The van der Waals surface area contributed by atoms with Crippen molar-refractivity contribution in [2.24, 2.45) is 0 Å². The first-order valence-corrected chi connectivity index (χ1v) is 10.0. The van der Waals surface area contributed by atoms with Crippen LogP contribution in [0.2, 0.25) is 10.0 Å². The summed E-state index contributed by atoms with van der Waals surface area (Å²) in [7, 11) is 0. The van der Waals surface area contributed by atoms with Crippen molar-refractivity contribution in [1.29, 1.82) is 0 Å². The van der Waals surface area contributed by atoms with E-state index >= 15 is 0 Å². The predicted octanol–water partition coefficient (Wildman–Crippen LogP) is 4.04. The van der Waals surface area contributed by atoms with Crippen LogP contribution in [-0.2, 0) is 4.79 Å². The fourth-order valence-corrected chi connectivity index (χ4v) is 3.77. The van der Waals surface area contributed by atoms with Gasteiger partial charge in [0.15, 0.2) is 0 Å². The summed E-state index contributed by atoms with van der Waals surface area (Å²) in [6, 6.07) is 12.8. The number of H-pyrrole nitrogens is 1. The van der Waals surface area contributed by atoms with Crippen LogP contribution in [0.5, 0.6) is 0 Å². The molecule has 29 heavy (non-hydrogen) atoms. The lowest BCUT2D eigenvalue weighted by molar-refractivity contribution is -0.119. The van der Waals surface area contributed by atoms with Gasteiger partial charge in [0.25, 0.3) is 0 Å². The average Bonchev–Trinajstić information content (AvgIpc) is 3.12. The van der Waals surface area contributed by atoms with Crippen LogP contribution in [0.3, 0.4) is 0 Å². The topological polar surface area (TPSA) is 86.0 Å². The number of nitrogens with one attached hydrogen (secondary N) is 4. The van der Waals surface area contributed by atoms with E-state index in [0.29, 0.717) is 23.1 Å². The van der Waals surface area contributed by atoms with Crippen molar-refractivity contribution in [3.63, 3.8) is 0 Å². The molecule has 8 heteroatoms. The monoisotopic (exact) mass is 432 g/mol. The number of halogens is 2. The van der Waals surface area contributed by atoms with E-state index in [1.54, 1.807) is 12.1 Å². The van der Waals surface area contributed by atoms with Crippen LogP contribution in [-0.4, -0.2) is 36.6 Å². The lowest BCUT2D eigenvalue weighted by atomic mass is 9.91. The van der Waals surface area contributed by atoms with Gasteiger partial charge in [-0.3, -0.25) is 4.79 Å². The fraction of sp³-hybridized carbons (Fsp3) is 0.238. The number of hydrogen-bond acceptors (Lipinski definition) is 2. The maximum Gasteiger partial charge on any atom is 0.315 e. The molecule has 0 aliphatic heterocycles. The van der Waals surface area contributed by atoms with E-state index < -0.39 is 6.03 Å². The molecule has 1 unspecified atom stereocenters. The molecule has 0 aliphatic carbocycles. The van der Waals surface area contributed by atoms with Crippen molar-refractivity contribution in [3.05, 3.63) is 69.8 Å². The third-order valence-corrected chi connectivity index (χ3v) is 5.15. The Morgan fingerprint density at radius 3 is 2.59 bits per heavy atom. The van der Waals surface area contributed by atoms with Crippen molar-refractivity contribution in [2.75, 3.05) is 19.6 Å². The summed E-state index contributed by atoms with van der Waals surface area (Å²) in [5.41, 5.74) is 2.86. The van der Waals surface area contributed by atoms with E-state index in [1.165, 1.54) is 0 Å². The number of aromatic amines is 1. The largest absolute Gasteiger partial charge is 0.361 e. The number of hydrogen-bond donors (Lipinski definition) is 4.